The molecule has 2 rings (SSSR count). The van der Waals surface area contributed by atoms with Crippen molar-refractivity contribution < 1.29 is 0 Å². The fraction of sp³-hybridized carbons (Fsp3) is 0.357. The third kappa shape index (κ3) is 4.04. The summed E-state index contributed by atoms with van der Waals surface area (Å²) < 4.78 is 0. The minimum absolute atomic E-state index is 0.597. The van der Waals surface area contributed by atoms with Gasteiger partial charge in [0.25, 0.3) is 0 Å². The fourth-order valence-corrected chi connectivity index (χ4v) is 2.58. The second-order valence-electron chi connectivity index (χ2n) is 4.76. The largest absolute Gasteiger partial charge is 0.356 e. The van der Waals surface area contributed by atoms with Crippen molar-refractivity contribution >= 4 is 16.5 Å². The molecule has 0 amide bonds. The van der Waals surface area contributed by atoms with E-state index in [2.05, 4.69) is 35.4 Å². The predicted octanol–water partition coefficient (Wildman–Crippen LogP) is 3.22. The maximum absolute atomic E-state index is 8.73. The molecule has 98 valence electrons. The fourth-order valence-electron chi connectivity index (χ4n) is 1.63. The summed E-state index contributed by atoms with van der Waals surface area (Å²) in [6.45, 7) is 5.04. The number of hydrogen-bond donors (Lipinski definition) is 1. The van der Waals surface area contributed by atoms with E-state index in [9.17, 15) is 0 Å². The van der Waals surface area contributed by atoms with Crippen LogP contribution in [0.2, 0.25) is 0 Å². The number of nitrogens with one attached hydrogen (secondary N) is 1. The summed E-state index contributed by atoms with van der Waals surface area (Å²) in [5.74, 6) is 0.597. The first kappa shape index (κ1) is 13.5. The highest BCUT2D eigenvalue weighted by atomic mass is 32.1. The van der Waals surface area contributed by atoms with Crippen LogP contribution < -0.4 is 5.32 Å². The van der Waals surface area contributed by atoms with Crippen molar-refractivity contribution in [2.45, 2.75) is 26.8 Å². The molecule has 0 fully saturated rings. The number of anilines is 1. The number of nitrogens with zero attached hydrogens (tertiary/aromatic N) is 3. The Labute approximate surface area is 117 Å². The van der Waals surface area contributed by atoms with Crippen molar-refractivity contribution in [2.75, 3.05) is 5.32 Å². The molecule has 2 aromatic rings. The summed E-state index contributed by atoms with van der Waals surface area (Å²) in [7, 11) is 0. The van der Waals surface area contributed by atoms with E-state index in [4.69, 9.17) is 5.26 Å². The second-order valence-corrected chi connectivity index (χ2v) is 5.82. The van der Waals surface area contributed by atoms with Gasteiger partial charge in [0.15, 0.2) is 0 Å². The molecule has 0 unspecified atom stereocenters. The molecule has 1 heterocycles. The highest BCUT2D eigenvalue weighted by Crippen LogP contribution is 2.19. The van der Waals surface area contributed by atoms with E-state index >= 15 is 0 Å². The zero-order valence-corrected chi connectivity index (χ0v) is 11.9. The Balaban J connectivity index is 1.91. The summed E-state index contributed by atoms with van der Waals surface area (Å²) in [5, 5.41) is 22.2. The van der Waals surface area contributed by atoms with Crippen LogP contribution in [0.3, 0.4) is 0 Å². The maximum Gasteiger partial charge on any atom is 0.205 e. The van der Waals surface area contributed by atoms with Crippen molar-refractivity contribution in [3.05, 3.63) is 40.4 Å². The Hall–Kier alpha value is -1.93. The second kappa shape index (κ2) is 6.30. The Bertz CT molecular complexity index is 566. The van der Waals surface area contributed by atoms with E-state index in [1.807, 2.05) is 24.3 Å². The lowest BCUT2D eigenvalue weighted by Crippen LogP contribution is -1.98. The molecule has 0 atom stereocenters. The van der Waals surface area contributed by atoms with Crippen LogP contribution in [0.4, 0.5) is 5.13 Å². The third-order valence-electron chi connectivity index (χ3n) is 2.58. The van der Waals surface area contributed by atoms with E-state index in [-0.39, 0.29) is 0 Å². The molecule has 0 radical (unpaired) electrons. The van der Waals surface area contributed by atoms with Gasteiger partial charge in [-0.25, -0.2) is 0 Å². The molecule has 0 saturated carbocycles. The number of hydrogen-bond acceptors (Lipinski definition) is 5. The van der Waals surface area contributed by atoms with Crippen molar-refractivity contribution in [1.82, 2.24) is 10.2 Å². The van der Waals surface area contributed by atoms with E-state index in [1.54, 1.807) is 11.3 Å². The highest BCUT2D eigenvalue weighted by Gasteiger charge is 2.05. The van der Waals surface area contributed by atoms with Gasteiger partial charge in [-0.05, 0) is 23.6 Å². The third-order valence-corrected chi connectivity index (χ3v) is 3.48. The van der Waals surface area contributed by atoms with Gasteiger partial charge in [-0.3, -0.25) is 0 Å². The summed E-state index contributed by atoms with van der Waals surface area (Å²) in [4.78, 5) is 0. The molecule has 0 aliphatic heterocycles. The first-order valence-electron chi connectivity index (χ1n) is 6.22. The van der Waals surface area contributed by atoms with Gasteiger partial charge < -0.3 is 5.32 Å². The normalized spacial score (nSPS) is 10.4. The lowest BCUT2D eigenvalue weighted by Gasteiger charge is -2.02. The Morgan fingerprint density at radius 1 is 1.26 bits per heavy atom. The standard InChI is InChI=1S/C14H16N4S/c1-10(2)7-13-17-18-14(19-13)16-9-12-5-3-11(8-15)4-6-12/h3-6,10H,7,9H2,1-2H3,(H,16,18). The van der Waals surface area contributed by atoms with Crippen LogP contribution in [0.25, 0.3) is 0 Å². The number of nitriles is 1. The van der Waals surface area contributed by atoms with Crippen LogP contribution in [-0.4, -0.2) is 10.2 Å². The maximum atomic E-state index is 8.73. The monoisotopic (exact) mass is 272 g/mol. The van der Waals surface area contributed by atoms with E-state index in [1.165, 1.54) is 0 Å². The Kier molecular flexibility index (Phi) is 4.48. The number of benzene rings is 1. The molecule has 19 heavy (non-hydrogen) atoms. The van der Waals surface area contributed by atoms with Crippen molar-refractivity contribution in [1.29, 1.82) is 5.26 Å². The van der Waals surface area contributed by atoms with Gasteiger partial charge in [0.1, 0.15) is 5.01 Å². The SMILES string of the molecule is CC(C)Cc1nnc(NCc2ccc(C#N)cc2)s1. The van der Waals surface area contributed by atoms with Gasteiger partial charge in [-0.2, -0.15) is 5.26 Å². The molecular formula is C14H16N4S. The van der Waals surface area contributed by atoms with Crippen LogP contribution in [-0.2, 0) is 13.0 Å². The minimum atomic E-state index is 0.597. The molecule has 0 bridgehead atoms. The average molecular weight is 272 g/mol. The van der Waals surface area contributed by atoms with Crippen LogP contribution in [0.15, 0.2) is 24.3 Å². The van der Waals surface area contributed by atoms with Crippen molar-refractivity contribution in [3.8, 4) is 6.07 Å². The Morgan fingerprint density at radius 3 is 2.63 bits per heavy atom. The van der Waals surface area contributed by atoms with Gasteiger partial charge in [-0.1, -0.05) is 37.3 Å². The molecule has 0 aliphatic carbocycles. The molecule has 5 heteroatoms. The topological polar surface area (TPSA) is 61.6 Å². The summed E-state index contributed by atoms with van der Waals surface area (Å²) in [6, 6.07) is 9.64. The number of aromatic nitrogens is 2. The highest BCUT2D eigenvalue weighted by molar-refractivity contribution is 7.15. The molecule has 1 aromatic carbocycles. The molecule has 0 spiro atoms. The molecular weight excluding hydrogens is 256 g/mol. The first-order chi connectivity index (χ1) is 9.17. The van der Waals surface area contributed by atoms with Crippen LogP contribution in [0, 0.1) is 17.2 Å². The molecule has 1 N–H and O–H groups in total. The van der Waals surface area contributed by atoms with Crippen molar-refractivity contribution in [3.63, 3.8) is 0 Å². The first-order valence-corrected chi connectivity index (χ1v) is 7.04. The smallest absolute Gasteiger partial charge is 0.205 e. The zero-order valence-electron chi connectivity index (χ0n) is 11.1. The lowest BCUT2D eigenvalue weighted by atomic mass is 10.1. The van der Waals surface area contributed by atoms with E-state index in [0.29, 0.717) is 18.0 Å². The van der Waals surface area contributed by atoms with E-state index in [0.717, 1.165) is 22.1 Å². The summed E-state index contributed by atoms with van der Waals surface area (Å²) >= 11 is 1.60. The lowest BCUT2D eigenvalue weighted by molar-refractivity contribution is 0.640. The molecule has 1 aromatic heterocycles. The average Bonchev–Trinajstić information content (AvgIpc) is 2.84. The minimum Gasteiger partial charge on any atom is -0.356 e. The van der Waals surface area contributed by atoms with Crippen LogP contribution in [0.5, 0.6) is 0 Å². The zero-order chi connectivity index (χ0) is 13.7. The van der Waals surface area contributed by atoms with Crippen LogP contribution >= 0.6 is 11.3 Å². The molecule has 0 aliphatic rings. The van der Waals surface area contributed by atoms with Crippen molar-refractivity contribution in [2.24, 2.45) is 5.92 Å². The Morgan fingerprint density at radius 2 is 2.00 bits per heavy atom. The van der Waals surface area contributed by atoms with Gasteiger partial charge in [-0.15, -0.1) is 10.2 Å². The summed E-state index contributed by atoms with van der Waals surface area (Å²) in [6.07, 6.45) is 0.968. The van der Waals surface area contributed by atoms with E-state index < -0.39 is 0 Å². The van der Waals surface area contributed by atoms with Gasteiger partial charge >= 0.3 is 0 Å². The van der Waals surface area contributed by atoms with Gasteiger partial charge in [0, 0.05) is 13.0 Å². The quantitative estimate of drug-likeness (QED) is 0.907. The number of rotatable bonds is 5. The van der Waals surface area contributed by atoms with Crippen LogP contribution in [0.1, 0.15) is 30.0 Å². The van der Waals surface area contributed by atoms with Gasteiger partial charge in [0.05, 0.1) is 11.6 Å². The predicted molar refractivity (Wildman–Crippen MR) is 76.9 cm³/mol. The van der Waals surface area contributed by atoms with Gasteiger partial charge in [0.2, 0.25) is 5.13 Å². The molecule has 4 nitrogen and oxygen atoms in total. The molecule has 0 saturated heterocycles. The summed E-state index contributed by atoms with van der Waals surface area (Å²) in [5.41, 5.74) is 1.80.